The predicted octanol–water partition coefficient (Wildman–Crippen LogP) is -0.614. The van der Waals surface area contributed by atoms with Crippen LogP contribution in [0.5, 0.6) is 0 Å². The van der Waals surface area contributed by atoms with Crippen molar-refractivity contribution in [1.29, 1.82) is 0 Å². The van der Waals surface area contributed by atoms with Gasteiger partial charge in [0.15, 0.2) is 0 Å². The summed E-state index contributed by atoms with van der Waals surface area (Å²) >= 11 is 0. The Labute approximate surface area is 66.6 Å². The maximum Gasteiger partial charge on any atom is 0.372 e. The lowest BCUT2D eigenvalue weighted by Crippen LogP contribution is -2.20. The first-order chi connectivity index (χ1) is 5.88. The number of rotatable bonds is 0. The van der Waals surface area contributed by atoms with E-state index in [0.717, 1.165) is 9.36 Å². The molecule has 2 aromatic rings. The van der Waals surface area contributed by atoms with Crippen LogP contribution in [0.15, 0.2) is 24.8 Å². The van der Waals surface area contributed by atoms with Crippen molar-refractivity contribution in [1.82, 2.24) is 30.0 Å². The van der Waals surface area contributed by atoms with Crippen molar-refractivity contribution in [3.05, 3.63) is 24.8 Å². The van der Waals surface area contributed by atoms with Crippen LogP contribution in [0.25, 0.3) is 0 Å². The first-order valence-corrected chi connectivity index (χ1v) is 3.15. The van der Waals surface area contributed by atoms with Gasteiger partial charge in [0.1, 0.15) is 0 Å². The Hall–Kier alpha value is -2.05. The fraction of sp³-hybridized carbons (Fsp3) is 0. The Kier molecular flexibility index (Phi) is 1.40. The molecule has 0 unspecified atom stereocenters. The molecule has 2 rings (SSSR count). The fourth-order valence-electron chi connectivity index (χ4n) is 0.725. The highest BCUT2D eigenvalue weighted by molar-refractivity contribution is 5.76. The predicted molar refractivity (Wildman–Crippen MR) is 36.2 cm³/mol. The minimum Gasteiger partial charge on any atom is -0.243 e. The number of carbonyl (C=O) groups is 1. The van der Waals surface area contributed by atoms with Gasteiger partial charge in [0.25, 0.3) is 0 Å². The number of hydrogen-bond donors (Lipinski definition) is 0. The Morgan fingerprint density at radius 2 is 1.50 bits per heavy atom. The van der Waals surface area contributed by atoms with Crippen molar-refractivity contribution in [3.8, 4) is 0 Å². The van der Waals surface area contributed by atoms with E-state index in [1.54, 1.807) is 0 Å². The normalized spacial score (nSPS) is 10.0. The first-order valence-electron chi connectivity index (χ1n) is 3.15. The largest absolute Gasteiger partial charge is 0.372 e. The van der Waals surface area contributed by atoms with Crippen LogP contribution in [0.4, 0.5) is 4.79 Å². The fourth-order valence-corrected chi connectivity index (χ4v) is 0.725. The van der Waals surface area contributed by atoms with Crippen molar-refractivity contribution in [2.45, 2.75) is 0 Å². The Bertz CT molecular complexity index is 326. The van der Waals surface area contributed by atoms with E-state index >= 15 is 0 Å². The monoisotopic (exact) mass is 164 g/mol. The molecule has 0 aliphatic carbocycles. The van der Waals surface area contributed by atoms with Crippen LogP contribution in [0.1, 0.15) is 0 Å². The topological polar surface area (TPSA) is 78.5 Å². The summed E-state index contributed by atoms with van der Waals surface area (Å²) in [5.74, 6) is 0. The summed E-state index contributed by atoms with van der Waals surface area (Å²) in [6, 6.07) is -0.412. The van der Waals surface area contributed by atoms with Crippen LogP contribution in [0.3, 0.4) is 0 Å². The zero-order valence-corrected chi connectivity index (χ0v) is 5.90. The second-order valence-corrected chi connectivity index (χ2v) is 1.98. The molecule has 7 heteroatoms. The van der Waals surface area contributed by atoms with Gasteiger partial charge < -0.3 is 0 Å². The highest BCUT2D eigenvalue weighted by atomic mass is 16.2. The molecule has 0 aliphatic rings. The van der Waals surface area contributed by atoms with Crippen LogP contribution in [0, 0.1) is 0 Å². The highest BCUT2D eigenvalue weighted by Crippen LogP contribution is 1.86. The smallest absolute Gasteiger partial charge is 0.243 e. The lowest BCUT2D eigenvalue weighted by atomic mass is 10.8. The number of hydrogen-bond acceptors (Lipinski definition) is 5. The summed E-state index contributed by atoms with van der Waals surface area (Å²) in [5, 5.41) is 14.0. The summed E-state index contributed by atoms with van der Waals surface area (Å²) in [4.78, 5) is 11.3. The Morgan fingerprint density at radius 1 is 1.00 bits per heavy atom. The van der Waals surface area contributed by atoms with E-state index in [0.29, 0.717) is 0 Å². The molecule has 2 aromatic heterocycles. The minimum absolute atomic E-state index is 0.412. The molecular weight excluding hydrogens is 160 g/mol. The zero-order valence-electron chi connectivity index (χ0n) is 5.90. The molecule has 0 amide bonds. The molecule has 0 saturated heterocycles. The summed E-state index contributed by atoms with van der Waals surface area (Å²) in [6.07, 6.45) is 5.69. The van der Waals surface area contributed by atoms with Gasteiger partial charge in [-0.2, -0.15) is 9.36 Å². The molecule has 0 aromatic carbocycles. The molecule has 0 bridgehead atoms. The van der Waals surface area contributed by atoms with E-state index in [9.17, 15) is 4.79 Å². The molecule has 2 heterocycles. The lowest BCUT2D eigenvalue weighted by molar-refractivity contribution is 0.237. The summed E-state index contributed by atoms with van der Waals surface area (Å²) in [7, 11) is 0. The van der Waals surface area contributed by atoms with Gasteiger partial charge in [-0.15, -0.1) is 10.2 Å². The van der Waals surface area contributed by atoms with Crippen LogP contribution < -0.4 is 0 Å². The van der Waals surface area contributed by atoms with Crippen LogP contribution in [-0.4, -0.2) is 36.0 Å². The SMILES string of the molecule is O=C(n1ccnn1)n1ccnn1. The highest BCUT2D eigenvalue weighted by Gasteiger charge is 2.07. The van der Waals surface area contributed by atoms with Gasteiger partial charge in [-0.05, 0) is 0 Å². The number of aromatic nitrogens is 6. The van der Waals surface area contributed by atoms with Gasteiger partial charge in [-0.1, -0.05) is 10.4 Å². The average molecular weight is 164 g/mol. The Balaban J connectivity index is 2.34. The Morgan fingerprint density at radius 3 is 1.83 bits per heavy atom. The second-order valence-electron chi connectivity index (χ2n) is 1.98. The van der Waals surface area contributed by atoms with Crippen molar-refractivity contribution in [2.75, 3.05) is 0 Å². The summed E-state index contributed by atoms with van der Waals surface area (Å²) in [6.45, 7) is 0. The summed E-state index contributed by atoms with van der Waals surface area (Å²) < 4.78 is 2.13. The number of nitrogens with zero attached hydrogens (tertiary/aromatic N) is 6. The third-order valence-corrected chi connectivity index (χ3v) is 1.24. The van der Waals surface area contributed by atoms with Gasteiger partial charge in [-0.25, -0.2) is 4.79 Å². The van der Waals surface area contributed by atoms with E-state index in [4.69, 9.17) is 0 Å². The van der Waals surface area contributed by atoms with Gasteiger partial charge in [-0.3, -0.25) is 0 Å². The third-order valence-electron chi connectivity index (χ3n) is 1.24. The number of carbonyl (C=O) groups excluding carboxylic acids is 1. The maximum atomic E-state index is 11.3. The minimum atomic E-state index is -0.412. The molecule has 0 spiro atoms. The first kappa shape index (κ1) is 6.65. The van der Waals surface area contributed by atoms with Gasteiger partial charge >= 0.3 is 6.03 Å². The van der Waals surface area contributed by atoms with Crippen LogP contribution >= 0.6 is 0 Å². The molecule has 0 radical (unpaired) electrons. The molecule has 12 heavy (non-hydrogen) atoms. The van der Waals surface area contributed by atoms with Gasteiger partial charge in [0.2, 0.25) is 0 Å². The van der Waals surface area contributed by atoms with E-state index in [1.807, 2.05) is 0 Å². The average Bonchev–Trinajstić information content (AvgIpc) is 2.77. The van der Waals surface area contributed by atoms with E-state index in [1.165, 1.54) is 24.8 Å². The van der Waals surface area contributed by atoms with E-state index in [-0.39, 0.29) is 0 Å². The van der Waals surface area contributed by atoms with Crippen molar-refractivity contribution in [3.63, 3.8) is 0 Å². The van der Waals surface area contributed by atoms with Crippen molar-refractivity contribution >= 4 is 6.03 Å². The molecule has 60 valence electrons. The lowest BCUT2D eigenvalue weighted by Gasteiger charge is -1.94. The molecule has 0 atom stereocenters. The van der Waals surface area contributed by atoms with Crippen molar-refractivity contribution in [2.24, 2.45) is 0 Å². The molecule has 0 fully saturated rings. The third kappa shape index (κ3) is 0.965. The van der Waals surface area contributed by atoms with E-state index < -0.39 is 6.03 Å². The van der Waals surface area contributed by atoms with Crippen LogP contribution in [-0.2, 0) is 0 Å². The van der Waals surface area contributed by atoms with Gasteiger partial charge in [0, 0.05) is 0 Å². The molecule has 0 saturated carbocycles. The summed E-state index contributed by atoms with van der Waals surface area (Å²) in [5.41, 5.74) is 0. The second kappa shape index (κ2) is 2.53. The molecule has 7 nitrogen and oxygen atoms in total. The van der Waals surface area contributed by atoms with Crippen molar-refractivity contribution < 1.29 is 4.79 Å². The molecule has 0 N–H and O–H groups in total. The standard InChI is InChI=1S/C5H4N6O/c12-5(10-3-1-6-8-10)11-4-2-7-9-11/h1-4H. The van der Waals surface area contributed by atoms with E-state index in [2.05, 4.69) is 20.6 Å². The quantitative estimate of drug-likeness (QED) is 0.518. The maximum absolute atomic E-state index is 11.3. The zero-order chi connectivity index (χ0) is 8.39. The van der Waals surface area contributed by atoms with Gasteiger partial charge in [0.05, 0.1) is 24.8 Å². The molecular formula is C5H4N6O. The van der Waals surface area contributed by atoms with Crippen LogP contribution in [0.2, 0.25) is 0 Å². The molecule has 0 aliphatic heterocycles.